The summed E-state index contributed by atoms with van der Waals surface area (Å²) in [5, 5.41) is 17.2. The second-order valence-electron chi connectivity index (χ2n) is 3.06. The molecule has 2 heteroatoms. The van der Waals surface area contributed by atoms with Gasteiger partial charge >= 0.3 is 0 Å². The van der Waals surface area contributed by atoms with Crippen molar-refractivity contribution in [2.24, 2.45) is 0 Å². The monoisotopic (exact) mass is 160 g/mol. The Hall–Kier alpha value is -1.28. The largest absolute Gasteiger partial charge is 0.198 e. The molecule has 0 N–H and O–H groups in total. The molecule has 0 heterocycles. The van der Waals surface area contributed by atoms with Crippen molar-refractivity contribution >= 4 is 0 Å². The van der Waals surface area contributed by atoms with Gasteiger partial charge < -0.3 is 0 Å². The smallest absolute Gasteiger partial charge is 0.0946 e. The number of rotatable bonds is 2. The lowest BCUT2D eigenvalue weighted by Crippen LogP contribution is -1.98. The maximum absolute atomic E-state index is 8.77. The van der Waals surface area contributed by atoms with Crippen LogP contribution in [-0.4, -0.2) is 0 Å². The molecule has 1 aliphatic carbocycles. The molecule has 2 nitrogen and oxygen atoms in total. The Morgan fingerprint density at radius 1 is 1.17 bits per heavy atom. The molecule has 1 rings (SSSR count). The minimum atomic E-state index is 0.556. The minimum absolute atomic E-state index is 0.556. The summed E-state index contributed by atoms with van der Waals surface area (Å²) in [5.41, 5.74) is 2.17. The van der Waals surface area contributed by atoms with Gasteiger partial charge in [-0.25, -0.2) is 0 Å². The van der Waals surface area contributed by atoms with E-state index in [2.05, 4.69) is 12.1 Å². The van der Waals surface area contributed by atoms with Gasteiger partial charge in [-0.1, -0.05) is 5.57 Å². The Bertz CT molecular complexity index is 263. The first-order chi connectivity index (χ1) is 5.88. The maximum atomic E-state index is 8.77. The van der Waals surface area contributed by atoms with Gasteiger partial charge in [0.1, 0.15) is 0 Å². The van der Waals surface area contributed by atoms with Crippen LogP contribution in [0.5, 0.6) is 0 Å². The molecular formula is C10H12N2. The lowest BCUT2D eigenvalue weighted by Gasteiger charge is -2.14. The van der Waals surface area contributed by atoms with E-state index in [0.717, 1.165) is 31.3 Å². The van der Waals surface area contributed by atoms with E-state index in [1.807, 2.05) is 0 Å². The fraction of sp³-hybridized carbons (Fsp3) is 0.600. The van der Waals surface area contributed by atoms with Gasteiger partial charge in [0, 0.05) is 12.0 Å². The summed E-state index contributed by atoms with van der Waals surface area (Å²) in [5.74, 6) is 0. The first-order valence-electron chi connectivity index (χ1n) is 4.36. The third-order valence-electron chi connectivity index (χ3n) is 2.26. The number of nitrogens with zero attached hydrogens (tertiary/aromatic N) is 2. The van der Waals surface area contributed by atoms with Crippen LogP contribution in [0.3, 0.4) is 0 Å². The number of nitriles is 2. The van der Waals surface area contributed by atoms with E-state index in [4.69, 9.17) is 10.5 Å². The van der Waals surface area contributed by atoms with Crippen LogP contribution in [0.4, 0.5) is 0 Å². The van der Waals surface area contributed by atoms with Gasteiger partial charge in [-0.05, 0) is 32.1 Å². The predicted octanol–water partition coefficient (Wildman–Crippen LogP) is 2.68. The summed E-state index contributed by atoms with van der Waals surface area (Å²) in [6, 6.07) is 4.35. The molecule has 0 saturated carbocycles. The average molecular weight is 160 g/mol. The molecule has 0 aromatic heterocycles. The zero-order valence-electron chi connectivity index (χ0n) is 7.14. The van der Waals surface area contributed by atoms with Crippen molar-refractivity contribution in [1.82, 2.24) is 0 Å². The maximum Gasteiger partial charge on any atom is 0.0946 e. The Balaban J connectivity index is 2.63. The van der Waals surface area contributed by atoms with E-state index < -0.39 is 0 Å². The van der Waals surface area contributed by atoms with Gasteiger partial charge in [-0.15, -0.1) is 0 Å². The molecule has 0 spiro atoms. The van der Waals surface area contributed by atoms with E-state index in [1.165, 1.54) is 12.0 Å². The molecule has 62 valence electrons. The van der Waals surface area contributed by atoms with Gasteiger partial charge in [0.2, 0.25) is 0 Å². The molecule has 0 bridgehead atoms. The van der Waals surface area contributed by atoms with Crippen LogP contribution in [0.25, 0.3) is 0 Å². The zero-order chi connectivity index (χ0) is 8.81. The van der Waals surface area contributed by atoms with Crippen LogP contribution in [0, 0.1) is 22.7 Å². The van der Waals surface area contributed by atoms with Crippen molar-refractivity contribution in [3.8, 4) is 12.1 Å². The topological polar surface area (TPSA) is 47.6 Å². The quantitative estimate of drug-likeness (QED) is 0.623. The van der Waals surface area contributed by atoms with Crippen molar-refractivity contribution in [3.05, 3.63) is 11.1 Å². The summed E-state index contributed by atoms with van der Waals surface area (Å²) in [7, 11) is 0. The molecule has 0 fully saturated rings. The fourth-order valence-electron chi connectivity index (χ4n) is 1.59. The van der Waals surface area contributed by atoms with E-state index in [1.54, 1.807) is 0 Å². The lowest BCUT2D eigenvalue weighted by molar-refractivity contribution is 0.661. The number of hydrogen-bond donors (Lipinski definition) is 0. The van der Waals surface area contributed by atoms with Crippen LogP contribution < -0.4 is 0 Å². The SMILES string of the molecule is N#CCCC1=C(C#N)CCCC1. The van der Waals surface area contributed by atoms with Gasteiger partial charge in [-0.2, -0.15) is 10.5 Å². The fourth-order valence-corrected chi connectivity index (χ4v) is 1.59. The molecular weight excluding hydrogens is 148 g/mol. The summed E-state index contributed by atoms with van der Waals surface area (Å²) in [6.45, 7) is 0. The van der Waals surface area contributed by atoms with Gasteiger partial charge in [-0.3, -0.25) is 0 Å². The van der Waals surface area contributed by atoms with Crippen molar-refractivity contribution < 1.29 is 0 Å². The van der Waals surface area contributed by atoms with Crippen LogP contribution in [0.2, 0.25) is 0 Å². The molecule has 0 amide bonds. The molecule has 12 heavy (non-hydrogen) atoms. The van der Waals surface area contributed by atoms with Crippen molar-refractivity contribution in [1.29, 1.82) is 10.5 Å². The lowest BCUT2D eigenvalue weighted by atomic mass is 9.90. The Kier molecular flexibility index (Phi) is 3.35. The summed E-state index contributed by atoms with van der Waals surface area (Å²) in [4.78, 5) is 0. The average Bonchev–Trinajstić information content (AvgIpc) is 2.15. The van der Waals surface area contributed by atoms with Gasteiger partial charge in [0.25, 0.3) is 0 Å². The first kappa shape index (κ1) is 8.81. The van der Waals surface area contributed by atoms with E-state index in [0.29, 0.717) is 6.42 Å². The van der Waals surface area contributed by atoms with Crippen molar-refractivity contribution in [3.63, 3.8) is 0 Å². The molecule has 1 aliphatic rings. The van der Waals surface area contributed by atoms with Crippen molar-refractivity contribution in [2.75, 3.05) is 0 Å². The number of hydrogen-bond acceptors (Lipinski definition) is 2. The molecule has 0 aromatic carbocycles. The highest BCUT2D eigenvalue weighted by molar-refractivity contribution is 5.29. The second-order valence-corrected chi connectivity index (χ2v) is 3.06. The van der Waals surface area contributed by atoms with E-state index in [9.17, 15) is 0 Å². The highest BCUT2D eigenvalue weighted by Crippen LogP contribution is 2.26. The normalized spacial score (nSPS) is 16.8. The molecule has 0 aliphatic heterocycles. The number of allylic oxidation sites excluding steroid dienone is 2. The molecule has 0 aromatic rings. The van der Waals surface area contributed by atoms with E-state index >= 15 is 0 Å². The minimum Gasteiger partial charge on any atom is -0.198 e. The summed E-state index contributed by atoms with van der Waals surface area (Å²) < 4.78 is 0. The van der Waals surface area contributed by atoms with Crippen LogP contribution in [0.15, 0.2) is 11.1 Å². The summed E-state index contributed by atoms with van der Waals surface area (Å²) >= 11 is 0. The van der Waals surface area contributed by atoms with Crippen molar-refractivity contribution in [2.45, 2.75) is 38.5 Å². The zero-order valence-corrected chi connectivity index (χ0v) is 7.14. The third kappa shape index (κ3) is 2.10. The van der Waals surface area contributed by atoms with Crippen LogP contribution in [0.1, 0.15) is 38.5 Å². The van der Waals surface area contributed by atoms with Gasteiger partial charge in [0.05, 0.1) is 12.1 Å². The predicted molar refractivity (Wildman–Crippen MR) is 46.0 cm³/mol. The Labute approximate surface area is 73.1 Å². The Morgan fingerprint density at radius 2 is 1.92 bits per heavy atom. The van der Waals surface area contributed by atoms with Crippen LogP contribution >= 0.6 is 0 Å². The highest BCUT2D eigenvalue weighted by atomic mass is 14.3. The summed E-state index contributed by atoms with van der Waals surface area (Å²) in [6.07, 6.45) is 5.65. The molecule has 0 unspecified atom stereocenters. The molecule has 0 atom stereocenters. The molecule has 0 saturated heterocycles. The Morgan fingerprint density at radius 3 is 2.58 bits per heavy atom. The molecule has 0 radical (unpaired) electrons. The van der Waals surface area contributed by atoms with E-state index in [-0.39, 0.29) is 0 Å². The first-order valence-corrected chi connectivity index (χ1v) is 4.36. The van der Waals surface area contributed by atoms with Gasteiger partial charge in [0.15, 0.2) is 0 Å². The van der Waals surface area contributed by atoms with Crippen LogP contribution in [-0.2, 0) is 0 Å². The standard InChI is InChI=1S/C10H12N2/c11-7-3-6-9-4-1-2-5-10(9)8-12/h1-6H2. The third-order valence-corrected chi connectivity index (χ3v) is 2.26. The highest BCUT2D eigenvalue weighted by Gasteiger charge is 2.11. The second kappa shape index (κ2) is 4.57.